The van der Waals surface area contributed by atoms with Crippen molar-refractivity contribution in [3.8, 4) is 0 Å². The molecule has 19 heteroatoms. The van der Waals surface area contributed by atoms with E-state index >= 15 is 0 Å². The summed E-state index contributed by atoms with van der Waals surface area (Å²) in [5.41, 5.74) is 5.72. The maximum Gasteiger partial charge on any atom is 0.371 e. The number of benzene rings is 2. The average molecular weight is 506 g/mol. The Bertz CT molecular complexity index is 1030. The second-order valence-electron chi connectivity index (χ2n) is 5.39. The molecule has 0 aliphatic heterocycles. The number of hydrogen-bond donors (Lipinski definition) is 4. The molecule has 0 spiro atoms. The molecule has 0 aliphatic carbocycles. The Hall–Kier alpha value is -2.32. The van der Waals surface area contributed by atoms with Crippen LogP contribution in [-0.4, -0.2) is 0 Å². The maximum absolute atomic E-state index is 13.6. The van der Waals surface area contributed by atoms with Crippen molar-refractivity contribution in [3.05, 3.63) is 58.2 Å². The molecule has 2 aromatic rings. The molecule has 0 saturated carbocycles. The van der Waals surface area contributed by atoms with Crippen molar-refractivity contribution in [2.24, 2.45) is 11.0 Å². The molecular formula is C12H6F10N4O3P2. The van der Waals surface area contributed by atoms with Gasteiger partial charge in [-0.15, -0.1) is 0 Å². The van der Waals surface area contributed by atoms with Gasteiger partial charge in [-0.2, -0.15) is 0 Å². The SMILES string of the molecule is NP(=O)(Nc1c(F)c(F)c(F)c(F)c1F)OP(N)(=O)Nc1c(F)c(F)c(F)c(F)c1F. The second-order valence-corrected chi connectivity index (χ2v) is 8.88. The Labute approximate surface area is 164 Å². The van der Waals surface area contributed by atoms with Crippen LogP contribution in [0.15, 0.2) is 0 Å². The van der Waals surface area contributed by atoms with E-state index in [9.17, 15) is 53.0 Å². The van der Waals surface area contributed by atoms with Crippen molar-refractivity contribution in [3.63, 3.8) is 0 Å². The summed E-state index contributed by atoms with van der Waals surface area (Å²) >= 11 is 0. The third-order valence-corrected chi connectivity index (χ3v) is 6.21. The highest BCUT2D eigenvalue weighted by atomic mass is 31.3. The summed E-state index contributed by atoms with van der Waals surface area (Å²) in [6.07, 6.45) is 0. The van der Waals surface area contributed by atoms with Gasteiger partial charge in [-0.3, -0.25) is 10.2 Å². The number of anilines is 2. The molecule has 7 nitrogen and oxygen atoms in total. The summed E-state index contributed by atoms with van der Waals surface area (Å²) in [5.74, 6) is -25.6. The molecule has 2 rings (SSSR count). The van der Waals surface area contributed by atoms with Gasteiger partial charge in [0.25, 0.3) is 0 Å². The van der Waals surface area contributed by atoms with Crippen LogP contribution in [0.4, 0.5) is 55.3 Å². The van der Waals surface area contributed by atoms with E-state index in [0.717, 1.165) is 10.2 Å². The zero-order valence-electron chi connectivity index (χ0n) is 14.1. The number of rotatable bonds is 6. The Morgan fingerprint density at radius 2 is 0.677 bits per heavy atom. The topological polar surface area (TPSA) is 119 Å². The van der Waals surface area contributed by atoms with Crippen LogP contribution < -0.4 is 21.2 Å². The molecular weight excluding hydrogens is 500 g/mol. The minimum Gasteiger partial charge on any atom is -0.298 e. The first-order valence-electron chi connectivity index (χ1n) is 7.08. The van der Waals surface area contributed by atoms with Gasteiger partial charge in [-0.25, -0.2) is 68.4 Å². The average Bonchev–Trinajstić information content (AvgIpc) is 2.67. The standard InChI is InChI=1S/C12H6F10N4O3P2/c13-1-3(15)7(19)11(8(20)4(1)16)25-30(23,27)29-31(24,28)26-12-9(21)5(17)2(14)6(18)10(12)22/h(H3,23,25,27)(H3,24,26,28). The highest BCUT2D eigenvalue weighted by molar-refractivity contribution is 7.71. The van der Waals surface area contributed by atoms with E-state index in [2.05, 4.69) is 4.31 Å². The van der Waals surface area contributed by atoms with Crippen molar-refractivity contribution in [2.75, 3.05) is 10.2 Å². The molecule has 0 amide bonds. The quantitative estimate of drug-likeness (QED) is 0.193. The first-order valence-corrected chi connectivity index (χ1v) is 10.5. The largest absolute Gasteiger partial charge is 0.371 e. The van der Waals surface area contributed by atoms with Crippen molar-refractivity contribution >= 4 is 26.7 Å². The lowest BCUT2D eigenvalue weighted by Gasteiger charge is -2.22. The van der Waals surface area contributed by atoms with E-state index in [0.29, 0.717) is 0 Å². The molecule has 172 valence electrons. The monoisotopic (exact) mass is 506 g/mol. The van der Waals surface area contributed by atoms with Crippen LogP contribution in [0.3, 0.4) is 0 Å². The van der Waals surface area contributed by atoms with Crippen LogP contribution in [0.1, 0.15) is 0 Å². The van der Waals surface area contributed by atoms with Gasteiger partial charge in [0.05, 0.1) is 0 Å². The summed E-state index contributed by atoms with van der Waals surface area (Å²) in [6.45, 7) is 0. The van der Waals surface area contributed by atoms with Crippen LogP contribution in [0.25, 0.3) is 0 Å². The van der Waals surface area contributed by atoms with E-state index in [1.165, 1.54) is 0 Å². The van der Waals surface area contributed by atoms with Gasteiger partial charge in [-0.05, 0) is 0 Å². The normalized spacial score (nSPS) is 15.4. The van der Waals surface area contributed by atoms with E-state index in [1.807, 2.05) is 0 Å². The van der Waals surface area contributed by atoms with Crippen LogP contribution in [0, 0.1) is 58.2 Å². The molecule has 6 N–H and O–H groups in total. The Balaban J connectivity index is 2.39. The lowest BCUT2D eigenvalue weighted by molar-refractivity contribution is 0.381. The third-order valence-electron chi connectivity index (χ3n) is 3.20. The molecule has 2 unspecified atom stereocenters. The van der Waals surface area contributed by atoms with Crippen molar-refractivity contribution in [1.82, 2.24) is 0 Å². The Morgan fingerprint density at radius 1 is 0.484 bits per heavy atom. The van der Waals surface area contributed by atoms with E-state index in [-0.39, 0.29) is 0 Å². The number of halogens is 10. The summed E-state index contributed by atoms with van der Waals surface area (Å²) in [7, 11) is -11.0. The molecule has 2 aromatic carbocycles. The number of nitrogens with two attached hydrogens (primary N) is 2. The molecule has 0 bridgehead atoms. The molecule has 0 aromatic heterocycles. The zero-order chi connectivity index (χ0) is 24.0. The fourth-order valence-corrected chi connectivity index (χ4v) is 4.72. The lowest BCUT2D eigenvalue weighted by Crippen LogP contribution is -2.18. The zero-order valence-corrected chi connectivity index (χ0v) is 15.8. The molecule has 0 heterocycles. The summed E-state index contributed by atoms with van der Waals surface area (Å²) in [4.78, 5) is 0. The summed E-state index contributed by atoms with van der Waals surface area (Å²) in [5, 5.41) is 1.99. The summed E-state index contributed by atoms with van der Waals surface area (Å²) < 4.78 is 161. The minimum absolute atomic E-state index is 0.993. The van der Waals surface area contributed by atoms with Crippen molar-refractivity contribution in [2.45, 2.75) is 0 Å². The van der Waals surface area contributed by atoms with Crippen LogP contribution >= 0.6 is 15.3 Å². The predicted molar refractivity (Wildman–Crippen MR) is 84.4 cm³/mol. The predicted octanol–water partition coefficient (Wildman–Crippen LogP) is 4.75. The van der Waals surface area contributed by atoms with Crippen molar-refractivity contribution in [1.29, 1.82) is 0 Å². The minimum atomic E-state index is -5.49. The van der Waals surface area contributed by atoms with Gasteiger partial charge in [0.1, 0.15) is 11.4 Å². The highest BCUT2D eigenvalue weighted by Crippen LogP contribution is 2.55. The first-order chi connectivity index (χ1) is 14.0. The van der Waals surface area contributed by atoms with Gasteiger partial charge in [0, 0.05) is 0 Å². The molecule has 0 aliphatic rings. The smallest absolute Gasteiger partial charge is 0.298 e. The molecule has 2 atom stereocenters. The van der Waals surface area contributed by atoms with Crippen molar-refractivity contribution < 1.29 is 57.3 Å². The van der Waals surface area contributed by atoms with Crippen LogP contribution in [0.5, 0.6) is 0 Å². The Kier molecular flexibility index (Phi) is 6.69. The molecule has 0 fully saturated rings. The highest BCUT2D eigenvalue weighted by Gasteiger charge is 2.36. The van der Waals surface area contributed by atoms with E-state index < -0.39 is 84.9 Å². The van der Waals surface area contributed by atoms with E-state index in [4.69, 9.17) is 11.0 Å². The molecule has 0 saturated heterocycles. The van der Waals surface area contributed by atoms with Gasteiger partial charge in [-0.1, -0.05) is 0 Å². The molecule has 0 radical (unpaired) electrons. The van der Waals surface area contributed by atoms with E-state index in [1.54, 1.807) is 0 Å². The second kappa shape index (κ2) is 8.31. The number of nitrogens with one attached hydrogen (secondary N) is 2. The number of hydrogen-bond acceptors (Lipinski definition) is 3. The Morgan fingerprint density at radius 3 is 0.903 bits per heavy atom. The van der Waals surface area contributed by atoms with Gasteiger partial charge >= 0.3 is 15.3 Å². The maximum atomic E-state index is 13.6. The molecule has 31 heavy (non-hydrogen) atoms. The van der Waals surface area contributed by atoms with Crippen LogP contribution in [0.2, 0.25) is 0 Å². The fourth-order valence-electron chi connectivity index (χ4n) is 1.94. The third kappa shape index (κ3) is 4.80. The van der Waals surface area contributed by atoms with Gasteiger partial charge < -0.3 is 0 Å². The van der Waals surface area contributed by atoms with Gasteiger partial charge in [0.2, 0.25) is 11.6 Å². The van der Waals surface area contributed by atoms with Crippen LogP contribution in [-0.2, 0) is 13.4 Å². The summed E-state index contributed by atoms with van der Waals surface area (Å²) in [6, 6.07) is 0. The first kappa shape index (κ1) is 24.9. The fraction of sp³-hybridized carbons (Fsp3) is 0. The van der Waals surface area contributed by atoms with Gasteiger partial charge in [0.15, 0.2) is 46.5 Å². The lowest BCUT2D eigenvalue weighted by atomic mass is 10.2.